The zero-order chi connectivity index (χ0) is 16.4. The van der Waals surface area contributed by atoms with Crippen molar-refractivity contribution >= 4 is 11.0 Å². The van der Waals surface area contributed by atoms with Gasteiger partial charge in [0, 0.05) is 7.05 Å². The molecule has 0 unspecified atom stereocenters. The summed E-state index contributed by atoms with van der Waals surface area (Å²) >= 11 is 0. The zero-order valence-electron chi connectivity index (χ0n) is 13.4. The van der Waals surface area contributed by atoms with Crippen LogP contribution in [0.5, 0.6) is 5.75 Å². The molecule has 0 aliphatic rings. The first-order chi connectivity index (χ1) is 11.1. The molecule has 2 N–H and O–H groups in total. The Bertz CT molecular complexity index is 862. The van der Waals surface area contributed by atoms with Gasteiger partial charge in [0.25, 0.3) is 0 Å². The Morgan fingerprint density at radius 1 is 1.09 bits per heavy atom. The van der Waals surface area contributed by atoms with E-state index in [0.29, 0.717) is 12.2 Å². The number of para-hydroxylation sites is 2. The van der Waals surface area contributed by atoms with Gasteiger partial charge in [-0.25, -0.2) is 0 Å². The van der Waals surface area contributed by atoms with Crippen molar-refractivity contribution in [2.24, 2.45) is 7.05 Å². The fourth-order valence-corrected chi connectivity index (χ4v) is 2.66. The van der Waals surface area contributed by atoms with Crippen molar-refractivity contribution in [1.82, 2.24) is 9.13 Å². The van der Waals surface area contributed by atoms with Gasteiger partial charge in [-0.05, 0) is 31.2 Å². The number of aromatic nitrogens is 2. The van der Waals surface area contributed by atoms with Gasteiger partial charge < -0.3 is 19.0 Å². The SMILES string of the molecule is Cc1ccc(OC[C@H](O)Cn2c(=N)n(C)c3ccccc32)cc1. The van der Waals surface area contributed by atoms with Gasteiger partial charge >= 0.3 is 0 Å². The van der Waals surface area contributed by atoms with Crippen molar-refractivity contribution in [3.8, 4) is 5.75 Å². The maximum absolute atomic E-state index is 10.3. The standard InChI is InChI=1S/C18H21N3O2/c1-13-7-9-15(10-8-13)23-12-14(22)11-21-17-6-4-3-5-16(17)20(2)18(21)19/h3-10,14,19,22H,11-12H2,1-2H3/t14-/m1/s1. The Balaban J connectivity index is 1.73. The van der Waals surface area contributed by atoms with Crippen LogP contribution in [0.3, 0.4) is 0 Å². The smallest absolute Gasteiger partial charge is 0.202 e. The Labute approximate surface area is 134 Å². The zero-order valence-corrected chi connectivity index (χ0v) is 13.4. The van der Waals surface area contributed by atoms with Crippen LogP contribution in [0, 0.1) is 12.3 Å². The third kappa shape index (κ3) is 3.14. The lowest BCUT2D eigenvalue weighted by atomic mass is 10.2. The predicted octanol–water partition coefficient (Wildman–Crippen LogP) is 2.21. The molecule has 0 aliphatic carbocycles. The van der Waals surface area contributed by atoms with E-state index in [4.69, 9.17) is 10.1 Å². The predicted molar refractivity (Wildman–Crippen MR) is 89.4 cm³/mol. The van der Waals surface area contributed by atoms with Crippen molar-refractivity contribution in [2.45, 2.75) is 19.6 Å². The van der Waals surface area contributed by atoms with Crippen LogP contribution < -0.4 is 10.4 Å². The van der Waals surface area contributed by atoms with Crippen molar-refractivity contribution in [2.75, 3.05) is 6.61 Å². The molecular weight excluding hydrogens is 290 g/mol. The molecule has 1 heterocycles. The van der Waals surface area contributed by atoms with E-state index in [-0.39, 0.29) is 6.61 Å². The van der Waals surface area contributed by atoms with E-state index in [1.807, 2.05) is 67.1 Å². The number of rotatable bonds is 5. The molecule has 0 fully saturated rings. The summed E-state index contributed by atoms with van der Waals surface area (Å²) < 4.78 is 9.23. The Kier molecular flexibility index (Phi) is 4.21. The van der Waals surface area contributed by atoms with Gasteiger partial charge in [-0.3, -0.25) is 5.41 Å². The third-order valence-electron chi connectivity index (χ3n) is 3.96. The highest BCUT2D eigenvalue weighted by Crippen LogP contribution is 2.14. The minimum atomic E-state index is -0.684. The second-order valence-corrected chi connectivity index (χ2v) is 5.76. The van der Waals surface area contributed by atoms with Crippen molar-refractivity contribution < 1.29 is 9.84 Å². The molecule has 0 aliphatic heterocycles. The van der Waals surface area contributed by atoms with Crippen LogP contribution in [0.1, 0.15) is 5.56 Å². The summed E-state index contributed by atoms with van der Waals surface area (Å²) in [5.74, 6) is 0.740. The highest BCUT2D eigenvalue weighted by molar-refractivity contribution is 5.75. The number of ether oxygens (including phenoxy) is 1. The van der Waals surface area contributed by atoms with Gasteiger partial charge in [0.15, 0.2) is 0 Å². The van der Waals surface area contributed by atoms with Gasteiger partial charge in [-0.2, -0.15) is 0 Å². The van der Waals surface area contributed by atoms with Crippen LogP contribution >= 0.6 is 0 Å². The first-order valence-electron chi connectivity index (χ1n) is 7.62. The van der Waals surface area contributed by atoms with Crippen LogP contribution in [0.4, 0.5) is 0 Å². The van der Waals surface area contributed by atoms with Crippen LogP contribution in [-0.4, -0.2) is 27.0 Å². The number of nitrogens with zero attached hydrogens (tertiary/aromatic N) is 2. The lowest BCUT2D eigenvalue weighted by Gasteiger charge is -2.14. The molecular formula is C18H21N3O2. The summed E-state index contributed by atoms with van der Waals surface area (Å²) in [4.78, 5) is 0. The third-order valence-corrected chi connectivity index (χ3v) is 3.96. The molecule has 2 aromatic carbocycles. The lowest BCUT2D eigenvalue weighted by Crippen LogP contribution is -2.30. The molecule has 3 aromatic rings. The number of imidazole rings is 1. The van der Waals surface area contributed by atoms with Crippen molar-refractivity contribution in [3.05, 3.63) is 59.7 Å². The van der Waals surface area contributed by atoms with E-state index in [2.05, 4.69) is 0 Å². The van der Waals surface area contributed by atoms with E-state index in [1.165, 1.54) is 5.56 Å². The summed E-state index contributed by atoms with van der Waals surface area (Å²) in [5, 5.41) is 18.5. The van der Waals surface area contributed by atoms with Gasteiger partial charge in [-0.1, -0.05) is 29.8 Å². The Morgan fingerprint density at radius 3 is 2.43 bits per heavy atom. The maximum Gasteiger partial charge on any atom is 0.202 e. The van der Waals surface area contributed by atoms with E-state index < -0.39 is 6.10 Å². The molecule has 5 nitrogen and oxygen atoms in total. The Hall–Kier alpha value is -2.53. The fourth-order valence-electron chi connectivity index (χ4n) is 2.66. The normalized spacial score (nSPS) is 12.5. The number of aliphatic hydroxyl groups excluding tert-OH is 1. The lowest BCUT2D eigenvalue weighted by molar-refractivity contribution is 0.0921. The monoisotopic (exact) mass is 311 g/mol. The van der Waals surface area contributed by atoms with Gasteiger partial charge in [0.1, 0.15) is 18.5 Å². The maximum atomic E-state index is 10.3. The van der Waals surface area contributed by atoms with Gasteiger partial charge in [-0.15, -0.1) is 0 Å². The van der Waals surface area contributed by atoms with E-state index in [9.17, 15) is 5.11 Å². The number of hydrogen-bond donors (Lipinski definition) is 2. The molecule has 120 valence electrons. The molecule has 0 radical (unpaired) electrons. The molecule has 5 heteroatoms. The van der Waals surface area contributed by atoms with Crippen LogP contribution in [0.15, 0.2) is 48.5 Å². The van der Waals surface area contributed by atoms with Crippen molar-refractivity contribution in [3.63, 3.8) is 0 Å². The molecule has 3 rings (SSSR count). The summed E-state index contributed by atoms with van der Waals surface area (Å²) in [7, 11) is 1.86. The van der Waals surface area contributed by atoms with Crippen molar-refractivity contribution in [1.29, 1.82) is 5.41 Å². The minimum absolute atomic E-state index is 0.193. The van der Waals surface area contributed by atoms with E-state index >= 15 is 0 Å². The quantitative estimate of drug-likeness (QED) is 0.759. The number of hydrogen-bond acceptors (Lipinski definition) is 3. The summed E-state index contributed by atoms with van der Waals surface area (Å²) in [6.45, 7) is 2.54. The molecule has 0 saturated carbocycles. The number of aliphatic hydroxyl groups is 1. The highest BCUT2D eigenvalue weighted by Gasteiger charge is 2.12. The highest BCUT2D eigenvalue weighted by atomic mass is 16.5. The molecule has 1 aromatic heterocycles. The summed E-state index contributed by atoms with van der Waals surface area (Å²) in [6.07, 6.45) is -0.684. The van der Waals surface area contributed by atoms with Crippen LogP contribution in [-0.2, 0) is 13.6 Å². The largest absolute Gasteiger partial charge is 0.491 e. The van der Waals surface area contributed by atoms with E-state index in [1.54, 1.807) is 4.57 Å². The van der Waals surface area contributed by atoms with Gasteiger partial charge in [0.05, 0.1) is 17.6 Å². The summed E-state index contributed by atoms with van der Waals surface area (Å²) in [5.41, 5.74) is 3.45. The van der Waals surface area contributed by atoms with Crippen LogP contribution in [0.2, 0.25) is 0 Å². The summed E-state index contributed by atoms with van der Waals surface area (Å²) in [6, 6.07) is 15.6. The first-order valence-corrected chi connectivity index (χ1v) is 7.62. The second kappa shape index (κ2) is 6.30. The fraction of sp³-hybridized carbons (Fsp3) is 0.278. The molecule has 1 atom stereocenters. The number of fused-ring (bicyclic) bond motifs is 1. The minimum Gasteiger partial charge on any atom is -0.491 e. The first kappa shape index (κ1) is 15.4. The average molecular weight is 311 g/mol. The number of benzene rings is 2. The van der Waals surface area contributed by atoms with E-state index in [0.717, 1.165) is 16.8 Å². The van der Waals surface area contributed by atoms with Crippen LogP contribution in [0.25, 0.3) is 11.0 Å². The number of aryl methyl sites for hydroxylation is 2. The molecule has 23 heavy (non-hydrogen) atoms. The second-order valence-electron chi connectivity index (χ2n) is 5.76. The topological polar surface area (TPSA) is 63.2 Å². The molecule has 0 saturated heterocycles. The Morgan fingerprint density at radius 2 is 1.74 bits per heavy atom. The molecule has 0 amide bonds. The number of nitrogens with one attached hydrogen (secondary N) is 1. The van der Waals surface area contributed by atoms with Gasteiger partial charge in [0.2, 0.25) is 5.62 Å². The average Bonchev–Trinajstić information content (AvgIpc) is 2.80. The molecule has 0 bridgehead atoms. The molecule has 0 spiro atoms.